The summed E-state index contributed by atoms with van der Waals surface area (Å²) in [4.78, 5) is 12.0. The number of alkyl halides is 3. The Morgan fingerprint density at radius 1 is 1.16 bits per heavy atom. The maximum Gasteiger partial charge on any atom is 0.416 e. The smallest absolute Gasteiger partial charge is 0.365 e. The van der Waals surface area contributed by atoms with Crippen molar-refractivity contribution >= 4 is 23.6 Å². The van der Waals surface area contributed by atoms with Crippen molar-refractivity contribution in [3.8, 4) is 0 Å². The molecule has 2 fully saturated rings. The van der Waals surface area contributed by atoms with Crippen LogP contribution in [0.2, 0.25) is 0 Å². The van der Waals surface area contributed by atoms with E-state index in [4.69, 9.17) is 11.1 Å². The average molecular weight is 434 g/mol. The molecule has 7 nitrogen and oxygen atoms in total. The van der Waals surface area contributed by atoms with Gasteiger partial charge in [-0.3, -0.25) is 9.48 Å². The molecular weight excluding hydrogens is 409 g/mol. The molecule has 1 amide bonds. The van der Waals surface area contributed by atoms with Crippen molar-refractivity contribution in [2.24, 2.45) is 11.7 Å². The lowest BCUT2D eigenvalue weighted by molar-refractivity contribution is -0.137. The molecule has 2 aliphatic rings. The third kappa shape index (κ3) is 4.90. The van der Waals surface area contributed by atoms with Gasteiger partial charge in [-0.25, -0.2) is 0 Å². The highest BCUT2D eigenvalue weighted by Crippen LogP contribution is 2.36. The fourth-order valence-corrected chi connectivity index (χ4v) is 4.15. The summed E-state index contributed by atoms with van der Waals surface area (Å²) in [6.07, 6.45) is 3.53. The van der Waals surface area contributed by atoms with Gasteiger partial charge in [0, 0.05) is 36.1 Å². The Bertz CT molecular complexity index is 951. The van der Waals surface area contributed by atoms with Crippen molar-refractivity contribution < 1.29 is 18.0 Å². The average Bonchev–Trinajstić information content (AvgIpc) is 3.44. The largest absolute Gasteiger partial charge is 0.416 e. The SMILES string of the molecule is N=C[C@H]1C[C@@H](NC2CC2)CC[C@@H]1n1cc(C(N)=O)c(Nc2ccc(C(F)(F)F)cc2)n1. The van der Waals surface area contributed by atoms with E-state index in [0.29, 0.717) is 17.8 Å². The molecule has 1 aromatic carbocycles. The van der Waals surface area contributed by atoms with E-state index >= 15 is 0 Å². The van der Waals surface area contributed by atoms with Crippen LogP contribution in [0.4, 0.5) is 24.7 Å². The molecule has 3 atom stereocenters. The van der Waals surface area contributed by atoms with Crippen LogP contribution in [0.3, 0.4) is 0 Å². The molecule has 10 heteroatoms. The summed E-state index contributed by atoms with van der Waals surface area (Å²) in [5.74, 6) is -0.532. The van der Waals surface area contributed by atoms with E-state index in [-0.39, 0.29) is 23.3 Å². The monoisotopic (exact) mass is 434 g/mol. The lowest BCUT2D eigenvalue weighted by Gasteiger charge is -2.34. The van der Waals surface area contributed by atoms with Crippen LogP contribution < -0.4 is 16.4 Å². The summed E-state index contributed by atoms with van der Waals surface area (Å²) in [5, 5.41) is 18.9. The van der Waals surface area contributed by atoms with Crippen LogP contribution in [0.25, 0.3) is 0 Å². The third-order valence-electron chi connectivity index (χ3n) is 5.94. The van der Waals surface area contributed by atoms with Crippen molar-refractivity contribution in [2.75, 3.05) is 5.32 Å². The predicted molar refractivity (Wildman–Crippen MR) is 111 cm³/mol. The summed E-state index contributed by atoms with van der Waals surface area (Å²) in [6.45, 7) is 0. The Labute approximate surface area is 177 Å². The van der Waals surface area contributed by atoms with Gasteiger partial charge in [0.05, 0.1) is 11.6 Å². The van der Waals surface area contributed by atoms with Crippen LogP contribution in [0, 0.1) is 11.3 Å². The molecule has 0 saturated heterocycles. The highest BCUT2D eigenvalue weighted by atomic mass is 19.4. The van der Waals surface area contributed by atoms with E-state index < -0.39 is 17.6 Å². The first-order chi connectivity index (χ1) is 14.7. The normalized spacial score (nSPS) is 24.0. The predicted octanol–water partition coefficient (Wildman–Crippen LogP) is 3.86. The maximum atomic E-state index is 12.8. The van der Waals surface area contributed by atoms with Crippen LogP contribution in [-0.4, -0.2) is 34.0 Å². The number of nitrogens with zero attached hydrogens (tertiary/aromatic N) is 2. The number of benzene rings is 1. The zero-order valence-electron chi connectivity index (χ0n) is 16.8. The molecule has 0 aliphatic heterocycles. The van der Waals surface area contributed by atoms with Gasteiger partial charge in [-0.15, -0.1) is 0 Å². The number of carbonyl (C=O) groups excluding carboxylic acids is 1. The fraction of sp³-hybridized carbons (Fsp3) is 0.476. The van der Waals surface area contributed by atoms with E-state index in [0.717, 1.165) is 31.4 Å². The second kappa shape index (κ2) is 8.33. The summed E-state index contributed by atoms with van der Waals surface area (Å²) < 4.78 is 40.0. The number of nitrogens with two attached hydrogens (primary N) is 1. The Balaban J connectivity index is 1.53. The number of hydrogen-bond donors (Lipinski definition) is 4. The summed E-state index contributed by atoms with van der Waals surface area (Å²) in [6, 6.07) is 5.36. The first kappa shape index (κ1) is 21.4. The lowest BCUT2D eigenvalue weighted by Crippen LogP contribution is -2.40. The maximum absolute atomic E-state index is 12.8. The first-order valence-corrected chi connectivity index (χ1v) is 10.3. The Morgan fingerprint density at radius 3 is 2.42 bits per heavy atom. The number of nitrogens with one attached hydrogen (secondary N) is 3. The van der Waals surface area contributed by atoms with E-state index in [1.54, 1.807) is 10.9 Å². The number of amides is 1. The second-order valence-corrected chi connectivity index (χ2v) is 8.28. The molecule has 5 N–H and O–H groups in total. The molecule has 31 heavy (non-hydrogen) atoms. The standard InChI is InChI=1S/C21H25F3N6O/c22-21(23,24)13-1-3-15(4-2-13)28-20-17(19(26)31)11-30(29-20)18-8-7-16(9-12(18)10-25)27-14-5-6-14/h1-4,10-12,14,16,18,25,27H,5-9H2,(H2,26,31)(H,28,29)/t12-,16+,18+/m1/s1. The van der Waals surface area contributed by atoms with Gasteiger partial charge in [-0.2, -0.15) is 18.3 Å². The highest BCUT2D eigenvalue weighted by Gasteiger charge is 2.35. The quantitative estimate of drug-likeness (QED) is 0.496. The number of hydrogen-bond acceptors (Lipinski definition) is 5. The minimum Gasteiger partial charge on any atom is -0.365 e. The van der Waals surface area contributed by atoms with Gasteiger partial charge >= 0.3 is 6.18 Å². The minimum atomic E-state index is -4.42. The van der Waals surface area contributed by atoms with Crippen molar-refractivity contribution in [3.05, 3.63) is 41.6 Å². The number of rotatable bonds is 7. The van der Waals surface area contributed by atoms with Gasteiger partial charge < -0.3 is 21.8 Å². The number of halogens is 3. The van der Waals surface area contributed by atoms with Gasteiger partial charge in [0.1, 0.15) is 5.56 Å². The molecule has 2 aliphatic carbocycles. The van der Waals surface area contributed by atoms with Crippen molar-refractivity contribution in [1.29, 1.82) is 5.41 Å². The topological polar surface area (TPSA) is 109 Å². The lowest BCUT2D eigenvalue weighted by atomic mass is 9.82. The van der Waals surface area contributed by atoms with Crippen LogP contribution in [0.1, 0.15) is 54.1 Å². The fourth-order valence-electron chi connectivity index (χ4n) is 4.15. The van der Waals surface area contributed by atoms with E-state index in [9.17, 15) is 18.0 Å². The van der Waals surface area contributed by atoms with Gasteiger partial charge in [-0.05, 0) is 56.4 Å². The van der Waals surface area contributed by atoms with Crippen molar-refractivity contribution in [1.82, 2.24) is 15.1 Å². The second-order valence-electron chi connectivity index (χ2n) is 8.28. The summed E-state index contributed by atoms with van der Waals surface area (Å²) in [7, 11) is 0. The van der Waals surface area contributed by atoms with E-state index in [2.05, 4.69) is 15.7 Å². The van der Waals surface area contributed by atoms with Gasteiger partial charge in [0.25, 0.3) is 5.91 Å². The van der Waals surface area contributed by atoms with Crippen LogP contribution in [0.15, 0.2) is 30.5 Å². The molecule has 0 bridgehead atoms. The van der Waals surface area contributed by atoms with Gasteiger partial charge in [0.2, 0.25) is 0 Å². The number of carbonyl (C=O) groups is 1. The first-order valence-electron chi connectivity index (χ1n) is 10.3. The third-order valence-corrected chi connectivity index (χ3v) is 5.94. The number of aromatic nitrogens is 2. The van der Waals surface area contributed by atoms with Crippen molar-refractivity contribution in [2.45, 2.75) is 56.4 Å². The Morgan fingerprint density at radius 2 is 1.84 bits per heavy atom. The summed E-state index contributed by atoms with van der Waals surface area (Å²) in [5.41, 5.74) is 5.26. The molecule has 2 aromatic rings. The molecule has 0 spiro atoms. The van der Waals surface area contributed by atoms with Crippen LogP contribution >= 0.6 is 0 Å². The Hall–Kier alpha value is -2.88. The van der Waals surface area contributed by atoms with Crippen LogP contribution in [-0.2, 0) is 6.18 Å². The summed E-state index contributed by atoms with van der Waals surface area (Å²) >= 11 is 0. The van der Waals surface area contributed by atoms with Gasteiger partial charge in [-0.1, -0.05) is 0 Å². The molecule has 0 unspecified atom stereocenters. The van der Waals surface area contributed by atoms with Crippen LogP contribution in [0.5, 0.6) is 0 Å². The zero-order valence-corrected chi connectivity index (χ0v) is 16.8. The number of anilines is 2. The van der Waals surface area contributed by atoms with E-state index in [1.165, 1.54) is 31.2 Å². The van der Waals surface area contributed by atoms with Crippen molar-refractivity contribution in [3.63, 3.8) is 0 Å². The molecule has 0 radical (unpaired) electrons. The van der Waals surface area contributed by atoms with E-state index in [1.807, 2.05) is 0 Å². The van der Waals surface area contributed by atoms with Gasteiger partial charge in [0.15, 0.2) is 5.82 Å². The molecular formula is C21H25F3N6O. The molecule has 4 rings (SSSR count). The minimum absolute atomic E-state index is 0.0375. The molecule has 166 valence electrons. The molecule has 1 aromatic heterocycles. The highest BCUT2D eigenvalue weighted by molar-refractivity contribution is 5.98. The Kier molecular flexibility index (Phi) is 5.74. The molecule has 1 heterocycles. The zero-order chi connectivity index (χ0) is 22.2. The number of primary amides is 1. The molecule has 2 saturated carbocycles.